The molecule has 1 aliphatic heterocycles. The van der Waals surface area contributed by atoms with Crippen molar-refractivity contribution in [2.45, 2.75) is 37.6 Å². The van der Waals surface area contributed by atoms with Crippen molar-refractivity contribution in [2.75, 3.05) is 6.54 Å². The fourth-order valence-corrected chi connectivity index (χ4v) is 4.58. The number of sulfonamides is 1. The topological polar surface area (TPSA) is 50.3 Å². The Morgan fingerprint density at radius 1 is 1.09 bits per heavy atom. The van der Waals surface area contributed by atoms with Crippen LogP contribution in [0.5, 0.6) is 0 Å². The molecule has 1 atom stereocenters. The van der Waals surface area contributed by atoms with Crippen LogP contribution in [0.25, 0.3) is 0 Å². The molecule has 1 saturated heterocycles. The van der Waals surface area contributed by atoms with Gasteiger partial charge in [-0.15, -0.1) is 0 Å². The molecule has 1 fully saturated rings. The first kappa shape index (κ1) is 15.2. The standard InChI is InChI=1S/C17H20N2O2S/c1-13-5-7-15(8-6-13)22(20,21)19-11-3-4-17(19)16-12-14(2)9-10-18-16/h5-10,12,17H,3-4,11H2,1-2H3/t17-/m1/s1. The van der Waals surface area contributed by atoms with Crippen molar-refractivity contribution < 1.29 is 8.42 Å². The van der Waals surface area contributed by atoms with Gasteiger partial charge in [-0.3, -0.25) is 4.98 Å². The van der Waals surface area contributed by atoms with E-state index in [9.17, 15) is 8.42 Å². The lowest BCUT2D eigenvalue weighted by atomic mass is 10.1. The van der Waals surface area contributed by atoms with Gasteiger partial charge in [-0.25, -0.2) is 8.42 Å². The Hall–Kier alpha value is -1.72. The molecule has 1 aliphatic rings. The molecule has 116 valence electrons. The summed E-state index contributed by atoms with van der Waals surface area (Å²) in [6.45, 7) is 4.50. The fraction of sp³-hybridized carbons (Fsp3) is 0.353. The highest BCUT2D eigenvalue weighted by Gasteiger charge is 2.36. The number of hydrogen-bond donors (Lipinski definition) is 0. The Bertz CT molecular complexity index is 770. The first-order valence-electron chi connectivity index (χ1n) is 7.49. The summed E-state index contributed by atoms with van der Waals surface area (Å²) in [7, 11) is -3.47. The highest BCUT2D eigenvalue weighted by molar-refractivity contribution is 7.89. The van der Waals surface area contributed by atoms with E-state index in [-0.39, 0.29) is 6.04 Å². The van der Waals surface area contributed by atoms with E-state index in [2.05, 4.69) is 4.98 Å². The van der Waals surface area contributed by atoms with Gasteiger partial charge in [0.1, 0.15) is 0 Å². The van der Waals surface area contributed by atoms with E-state index < -0.39 is 10.0 Å². The summed E-state index contributed by atoms with van der Waals surface area (Å²) in [5.41, 5.74) is 3.00. The normalized spacial score (nSPS) is 19.5. The van der Waals surface area contributed by atoms with Crippen LogP contribution in [0.15, 0.2) is 47.5 Å². The van der Waals surface area contributed by atoms with Gasteiger partial charge < -0.3 is 0 Å². The lowest BCUT2D eigenvalue weighted by molar-refractivity contribution is 0.390. The Morgan fingerprint density at radius 3 is 2.50 bits per heavy atom. The minimum absolute atomic E-state index is 0.161. The average molecular weight is 316 g/mol. The van der Waals surface area contributed by atoms with Crippen LogP contribution in [-0.2, 0) is 10.0 Å². The molecule has 0 bridgehead atoms. The van der Waals surface area contributed by atoms with E-state index in [4.69, 9.17) is 0 Å². The Labute approximate surface area is 131 Å². The molecule has 1 aromatic heterocycles. The number of benzene rings is 1. The third-order valence-corrected chi connectivity index (χ3v) is 6.03. The first-order chi connectivity index (χ1) is 10.5. The van der Waals surface area contributed by atoms with Crippen LogP contribution in [0.2, 0.25) is 0 Å². The summed E-state index contributed by atoms with van der Waals surface area (Å²) >= 11 is 0. The van der Waals surface area contributed by atoms with E-state index >= 15 is 0 Å². The molecule has 3 rings (SSSR count). The predicted octanol–water partition coefficient (Wildman–Crippen LogP) is 3.22. The van der Waals surface area contributed by atoms with Crippen molar-refractivity contribution in [3.63, 3.8) is 0 Å². The third-order valence-electron chi connectivity index (χ3n) is 4.11. The van der Waals surface area contributed by atoms with Gasteiger partial charge in [0.25, 0.3) is 0 Å². The monoisotopic (exact) mass is 316 g/mol. The van der Waals surface area contributed by atoms with E-state index in [1.807, 2.05) is 38.1 Å². The second kappa shape index (κ2) is 5.82. The van der Waals surface area contributed by atoms with E-state index in [1.54, 1.807) is 22.6 Å². The summed E-state index contributed by atoms with van der Waals surface area (Å²) in [6.07, 6.45) is 3.44. The summed E-state index contributed by atoms with van der Waals surface area (Å²) in [5.74, 6) is 0. The van der Waals surface area contributed by atoms with Gasteiger partial charge >= 0.3 is 0 Å². The van der Waals surface area contributed by atoms with Gasteiger partial charge in [-0.2, -0.15) is 4.31 Å². The van der Waals surface area contributed by atoms with Gasteiger partial charge in [0, 0.05) is 12.7 Å². The maximum absolute atomic E-state index is 12.9. The maximum atomic E-state index is 12.9. The highest BCUT2D eigenvalue weighted by Crippen LogP contribution is 2.35. The van der Waals surface area contributed by atoms with Crippen LogP contribution in [0.4, 0.5) is 0 Å². The van der Waals surface area contributed by atoms with Crippen LogP contribution in [0, 0.1) is 13.8 Å². The number of rotatable bonds is 3. The van der Waals surface area contributed by atoms with Crippen molar-refractivity contribution in [3.8, 4) is 0 Å². The quantitative estimate of drug-likeness (QED) is 0.873. The molecular formula is C17H20N2O2S. The predicted molar refractivity (Wildman–Crippen MR) is 86.0 cm³/mol. The number of hydrogen-bond acceptors (Lipinski definition) is 3. The molecule has 0 saturated carbocycles. The molecule has 0 N–H and O–H groups in total. The summed E-state index contributed by atoms with van der Waals surface area (Å²) < 4.78 is 27.4. The molecule has 2 heterocycles. The van der Waals surface area contributed by atoms with Gasteiger partial charge in [0.15, 0.2) is 0 Å². The number of aromatic nitrogens is 1. The van der Waals surface area contributed by atoms with Crippen LogP contribution in [0.1, 0.15) is 35.7 Å². The van der Waals surface area contributed by atoms with Gasteiger partial charge in [0.05, 0.1) is 16.6 Å². The number of pyridine rings is 1. The zero-order valence-corrected chi connectivity index (χ0v) is 13.7. The van der Waals surface area contributed by atoms with Crippen LogP contribution in [-0.4, -0.2) is 24.3 Å². The first-order valence-corrected chi connectivity index (χ1v) is 8.93. The Morgan fingerprint density at radius 2 is 1.82 bits per heavy atom. The van der Waals surface area contributed by atoms with Gasteiger partial charge in [-0.05, 0) is 56.5 Å². The van der Waals surface area contributed by atoms with Crippen molar-refractivity contribution in [2.24, 2.45) is 0 Å². The molecule has 22 heavy (non-hydrogen) atoms. The lowest BCUT2D eigenvalue weighted by Gasteiger charge is -2.24. The van der Waals surface area contributed by atoms with Crippen molar-refractivity contribution in [1.82, 2.24) is 9.29 Å². The molecule has 0 spiro atoms. The molecular weight excluding hydrogens is 296 g/mol. The molecule has 0 aliphatic carbocycles. The van der Waals surface area contributed by atoms with E-state index in [1.165, 1.54) is 0 Å². The highest BCUT2D eigenvalue weighted by atomic mass is 32.2. The zero-order valence-electron chi connectivity index (χ0n) is 12.9. The van der Waals surface area contributed by atoms with Crippen molar-refractivity contribution in [1.29, 1.82) is 0 Å². The molecule has 2 aromatic rings. The fourth-order valence-electron chi connectivity index (χ4n) is 2.91. The molecule has 0 amide bonds. The minimum atomic E-state index is -3.47. The van der Waals surface area contributed by atoms with E-state index in [0.29, 0.717) is 11.4 Å². The Kier molecular flexibility index (Phi) is 4.02. The van der Waals surface area contributed by atoms with Crippen LogP contribution < -0.4 is 0 Å². The maximum Gasteiger partial charge on any atom is 0.243 e. The molecule has 5 heteroatoms. The minimum Gasteiger partial charge on any atom is -0.260 e. The summed E-state index contributed by atoms with van der Waals surface area (Å²) in [5, 5.41) is 0. The van der Waals surface area contributed by atoms with Crippen molar-refractivity contribution in [3.05, 3.63) is 59.4 Å². The molecule has 0 radical (unpaired) electrons. The third kappa shape index (κ3) is 2.78. The van der Waals surface area contributed by atoms with Gasteiger partial charge in [-0.1, -0.05) is 17.7 Å². The second-order valence-electron chi connectivity index (χ2n) is 5.84. The van der Waals surface area contributed by atoms with Gasteiger partial charge in [0.2, 0.25) is 10.0 Å². The Balaban J connectivity index is 1.97. The SMILES string of the molecule is Cc1ccc(S(=O)(=O)N2CCC[C@@H]2c2cc(C)ccn2)cc1. The second-order valence-corrected chi connectivity index (χ2v) is 7.74. The molecule has 1 aromatic carbocycles. The zero-order chi connectivity index (χ0) is 15.7. The summed E-state index contributed by atoms with van der Waals surface area (Å²) in [6, 6.07) is 10.8. The largest absolute Gasteiger partial charge is 0.260 e. The average Bonchev–Trinajstić information content (AvgIpc) is 2.98. The molecule has 4 nitrogen and oxygen atoms in total. The van der Waals surface area contributed by atoms with Crippen LogP contribution in [0.3, 0.4) is 0 Å². The van der Waals surface area contributed by atoms with E-state index in [0.717, 1.165) is 29.7 Å². The molecule has 0 unspecified atom stereocenters. The van der Waals surface area contributed by atoms with Crippen molar-refractivity contribution >= 4 is 10.0 Å². The number of aryl methyl sites for hydroxylation is 2. The smallest absolute Gasteiger partial charge is 0.243 e. The summed E-state index contributed by atoms with van der Waals surface area (Å²) in [4.78, 5) is 4.75. The lowest BCUT2D eigenvalue weighted by Crippen LogP contribution is -2.31. The van der Waals surface area contributed by atoms with Crippen LogP contribution >= 0.6 is 0 Å². The number of nitrogens with zero attached hydrogens (tertiary/aromatic N) is 2.